The van der Waals surface area contributed by atoms with Gasteiger partial charge in [-0.1, -0.05) is 15.9 Å². The van der Waals surface area contributed by atoms with Gasteiger partial charge < -0.3 is 9.88 Å². The summed E-state index contributed by atoms with van der Waals surface area (Å²) >= 11 is 3.44. The Balaban J connectivity index is 1.58. The molecule has 1 amide bonds. The van der Waals surface area contributed by atoms with Gasteiger partial charge in [0.1, 0.15) is 0 Å². The monoisotopic (exact) mass is 384 g/mol. The Morgan fingerprint density at radius 1 is 1.36 bits per heavy atom. The number of aromatic nitrogens is 1. The van der Waals surface area contributed by atoms with E-state index < -0.39 is 9.84 Å². The summed E-state index contributed by atoms with van der Waals surface area (Å²) in [5.41, 5.74) is 1.08. The van der Waals surface area contributed by atoms with Crippen molar-refractivity contribution in [2.24, 2.45) is 0 Å². The molecule has 0 aliphatic carbocycles. The number of nitrogens with zero attached hydrogens (tertiary/aromatic N) is 1. The maximum absolute atomic E-state index is 12.0. The van der Waals surface area contributed by atoms with Crippen LogP contribution in [-0.4, -0.2) is 36.4 Å². The molecule has 1 atom stereocenters. The van der Waals surface area contributed by atoms with Crippen LogP contribution in [0.15, 0.2) is 34.9 Å². The zero-order valence-corrected chi connectivity index (χ0v) is 14.4. The number of amides is 1. The zero-order chi connectivity index (χ0) is 15.7. The maximum Gasteiger partial charge on any atom is 0.222 e. The van der Waals surface area contributed by atoms with Crippen molar-refractivity contribution in [2.45, 2.75) is 25.4 Å². The molecule has 0 saturated carbocycles. The average molecular weight is 385 g/mol. The fourth-order valence-electron chi connectivity index (χ4n) is 2.80. The highest BCUT2D eigenvalue weighted by Crippen LogP contribution is 2.21. The Hall–Kier alpha value is -1.34. The van der Waals surface area contributed by atoms with Crippen molar-refractivity contribution >= 4 is 42.6 Å². The lowest BCUT2D eigenvalue weighted by atomic mass is 10.2. The van der Waals surface area contributed by atoms with E-state index in [1.54, 1.807) is 0 Å². The largest absolute Gasteiger partial charge is 0.352 e. The van der Waals surface area contributed by atoms with Gasteiger partial charge in [0.2, 0.25) is 5.91 Å². The van der Waals surface area contributed by atoms with E-state index in [1.165, 1.54) is 0 Å². The third kappa shape index (κ3) is 3.52. The van der Waals surface area contributed by atoms with Crippen LogP contribution >= 0.6 is 15.9 Å². The molecule has 1 aromatic heterocycles. The third-order valence-electron chi connectivity index (χ3n) is 3.91. The van der Waals surface area contributed by atoms with Crippen LogP contribution in [0.1, 0.15) is 12.8 Å². The number of benzene rings is 1. The molecule has 0 radical (unpaired) electrons. The summed E-state index contributed by atoms with van der Waals surface area (Å²) in [4.78, 5) is 12.0. The zero-order valence-electron chi connectivity index (χ0n) is 12.0. The highest BCUT2D eigenvalue weighted by molar-refractivity contribution is 9.10. The molecule has 0 spiro atoms. The molecule has 1 fully saturated rings. The van der Waals surface area contributed by atoms with Crippen LogP contribution in [0, 0.1) is 0 Å². The Bertz CT molecular complexity index is 813. The predicted octanol–water partition coefficient (Wildman–Crippen LogP) is 2.10. The summed E-state index contributed by atoms with van der Waals surface area (Å²) in [5.74, 6) is 0.148. The summed E-state index contributed by atoms with van der Waals surface area (Å²) in [6.45, 7) is 0.580. The molecule has 1 saturated heterocycles. The first-order valence-corrected chi connectivity index (χ1v) is 9.78. The fraction of sp³-hybridized carbons (Fsp3) is 0.400. The van der Waals surface area contributed by atoms with Gasteiger partial charge >= 0.3 is 0 Å². The molecule has 2 heterocycles. The van der Waals surface area contributed by atoms with Crippen molar-refractivity contribution in [3.8, 4) is 0 Å². The molecule has 118 valence electrons. The summed E-state index contributed by atoms with van der Waals surface area (Å²) in [7, 11) is -2.96. The number of fused-ring (bicyclic) bond motifs is 1. The van der Waals surface area contributed by atoms with Gasteiger partial charge in [-0.25, -0.2) is 8.42 Å². The van der Waals surface area contributed by atoms with Crippen molar-refractivity contribution < 1.29 is 13.2 Å². The molecule has 7 heteroatoms. The number of carbonyl (C=O) groups excluding carboxylic acids is 1. The summed E-state index contributed by atoms with van der Waals surface area (Å²) in [5, 5.41) is 3.94. The highest BCUT2D eigenvalue weighted by Gasteiger charge is 2.28. The second-order valence-corrected chi connectivity index (χ2v) is 8.77. The minimum atomic E-state index is -2.96. The first-order chi connectivity index (χ1) is 10.4. The van der Waals surface area contributed by atoms with Crippen molar-refractivity contribution in [2.75, 3.05) is 11.5 Å². The lowest BCUT2D eigenvalue weighted by Gasteiger charge is -2.11. The van der Waals surface area contributed by atoms with Crippen molar-refractivity contribution in [3.05, 3.63) is 34.9 Å². The number of aryl methyl sites for hydroxylation is 1. The first-order valence-electron chi connectivity index (χ1n) is 7.17. The van der Waals surface area contributed by atoms with E-state index in [9.17, 15) is 13.2 Å². The fourth-order valence-corrected chi connectivity index (χ4v) is 4.85. The van der Waals surface area contributed by atoms with Crippen molar-refractivity contribution in [1.82, 2.24) is 9.88 Å². The normalized spacial score (nSPS) is 20.3. The average Bonchev–Trinajstić information content (AvgIpc) is 2.99. The second-order valence-electron chi connectivity index (χ2n) is 5.63. The van der Waals surface area contributed by atoms with Gasteiger partial charge in [-0.05, 0) is 30.7 Å². The van der Waals surface area contributed by atoms with E-state index in [0.29, 0.717) is 19.4 Å². The molecule has 5 nitrogen and oxygen atoms in total. The van der Waals surface area contributed by atoms with Crippen LogP contribution in [-0.2, 0) is 21.2 Å². The van der Waals surface area contributed by atoms with E-state index in [0.717, 1.165) is 15.4 Å². The molecule has 0 unspecified atom stereocenters. The number of hydrogen-bond acceptors (Lipinski definition) is 3. The van der Waals surface area contributed by atoms with Crippen LogP contribution in [0.25, 0.3) is 10.9 Å². The molecule has 1 aliphatic heterocycles. The molecular formula is C15H17BrN2O3S. The van der Waals surface area contributed by atoms with Crippen molar-refractivity contribution in [3.63, 3.8) is 0 Å². The van der Waals surface area contributed by atoms with E-state index in [4.69, 9.17) is 0 Å². The summed E-state index contributed by atoms with van der Waals surface area (Å²) in [6.07, 6.45) is 2.83. The minimum Gasteiger partial charge on any atom is -0.352 e. The Morgan fingerprint density at radius 2 is 2.18 bits per heavy atom. The summed E-state index contributed by atoms with van der Waals surface area (Å²) < 4.78 is 25.8. The van der Waals surface area contributed by atoms with Gasteiger partial charge in [-0.3, -0.25) is 4.79 Å². The van der Waals surface area contributed by atoms with Gasteiger partial charge in [0.25, 0.3) is 0 Å². The number of rotatable bonds is 4. The van der Waals surface area contributed by atoms with Gasteiger partial charge in [-0.2, -0.15) is 0 Å². The lowest BCUT2D eigenvalue weighted by molar-refractivity contribution is -0.121. The van der Waals surface area contributed by atoms with E-state index in [2.05, 4.69) is 21.2 Å². The van der Waals surface area contributed by atoms with Gasteiger partial charge in [-0.15, -0.1) is 0 Å². The van der Waals surface area contributed by atoms with E-state index in [-0.39, 0.29) is 23.5 Å². The molecule has 3 rings (SSSR count). The Labute approximate surface area is 137 Å². The van der Waals surface area contributed by atoms with Gasteiger partial charge in [0.15, 0.2) is 9.84 Å². The smallest absolute Gasteiger partial charge is 0.222 e. The van der Waals surface area contributed by atoms with Crippen LogP contribution < -0.4 is 5.32 Å². The van der Waals surface area contributed by atoms with Gasteiger partial charge in [0.05, 0.1) is 11.5 Å². The van der Waals surface area contributed by atoms with Crippen LogP contribution in [0.5, 0.6) is 0 Å². The van der Waals surface area contributed by atoms with Crippen molar-refractivity contribution in [1.29, 1.82) is 0 Å². The molecular weight excluding hydrogens is 368 g/mol. The predicted molar refractivity (Wildman–Crippen MR) is 89.5 cm³/mol. The van der Waals surface area contributed by atoms with Crippen LogP contribution in [0.3, 0.4) is 0 Å². The highest BCUT2D eigenvalue weighted by atomic mass is 79.9. The molecule has 1 aromatic carbocycles. The summed E-state index contributed by atoms with van der Waals surface area (Å²) in [6, 6.07) is 7.81. The molecule has 22 heavy (non-hydrogen) atoms. The second kappa shape index (κ2) is 6.04. The third-order valence-corrected chi connectivity index (χ3v) is 6.17. The molecule has 2 aromatic rings. The number of carbonyl (C=O) groups is 1. The first kappa shape index (κ1) is 15.6. The quantitative estimate of drug-likeness (QED) is 0.877. The Morgan fingerprint density at radius 3 is 2.91 bits per heavy atom. The van der Waals surface area contributed by atoms with E-state index >= 15 is 0 Å². The SMILES string of the molecule is O=C(CCn1ccc2cc(Br)ccc21)N[C@H]1CCS(=O)(=O)C1. The Kier molecular flexibility index (Phi) is 4.27. The topological polar surface area (TPSA) is 68.2 Å². The maximum atomic E-state index is 12.0. The number of nitrogens with one attached hydrogen (secondary N) is 1. The molecule has 1 aliphatic rings. The number of sulfone groups is 1. The van der Waals surface area contributed by atoms with Gasteiger partial charge in [0, 0.05) is 40.6 Å². The standard InChI is InChI=1S/C15H17BrN2O3S/c16-12-1-2-14-11(9-12)3-6-18(14)7-4-15(19)17-13-5-8-22(20,21)10-13/h1-3,6,9,13H,4-5,7-8,10H2,(H,17,19)/t13-/m0/s1. The molecule has 0 bridgehead atoms. The van der Waals surface area contributed by atoms with Crippen LogP contribution in [0.4, 0.5) is 0 Å². The number of hydrogen-bond donors (Lipinski definition) is 1. The minimum absolute atomic E-state index is 0.0687. The number of halogens is 1. The molecule has 1 N–H and O–H groups in total. The van der Waals surface area contributed by atoms with Crippen LogP contribution in [0.2, 0.25) is 0 Å². The lowest BCUT2D eigenvalue weighted by Crippen LogP contribution is -2.35. The van der Waals surface area contributed by atoms with E-state index in [1.807, 2.05) is 35.0 Å².